The van der Waals surface area contributed by atoms with Gasteiger partial charge in [-0.05, 0) is 52.0 Å². The smallest absolute Gasteiger partial charge is 1.00 e. The average Bonchev–Trinajstić information content (AvgIpc) is 3.36. The van der Waals surface area contributed by atoms with Crippen molar-refractivity contribution in [2.45, 2.75) is 61.5 Å². The maximum absolute atomic E-state index is 10.9. The van der Waals surface area contributed by atoms with Crippen molar-refractivity contribution < 1.29 is 137 Å². The third-order valence-corrected chi connectivity index (χ3v) is 6.48. The summed E-state index contributed by atoms with van der Waals surface area (Å²) in [5.41, 5.74) is -0.588. The molecule has 200 valence electrons. The van der Waals surface area contributed by atoms with Crippen LogP contribution in [-0.2, 0) is 29.2 Å². The van der Waals surface area contributed by atoms with Crippen LogP contribution in [0.1, 0.15) is 42.0 Å². The third kappa shape index (κ3) is 19.0. The Morgan fingerprint density at radius 3 is 1.68 bits per heavy atom. The third-order valence-electron chi connectivity index (χ3n) is 4.15. The molecule has 0 spiro atoms. The van der Waals surface area contributed by atoms with Crippen LogP contribution in [0.2, 0.25) is 0 Å². The van der Waals surface area contributed by atoms with Crippen LogP contribution >= 0.6 is 24.4 Å². The molecule has 0 bridgehead atoms. The van der Waals surface area contributed by atoms with E-state index in [9.17, 15) is 8.42 Å². The summed E-state index contributed by atoms with van der Waals surface area (Å²) in [6.45, 7) is 7.52. The van der Waals surface area contributed by atoms with Gasteiger partial charge in [-0.2, -0.15) is 0 Å². The summed E-state index contributed by atoms with van der Waals surface area (Å²) in [6, 6.07) is 20.0. The molecule has 0 amide bonds. The molecule has 9 nitrogen and oxygen atoms in total. The molecule has 2 aliphatic rings. The zero-order valence-corrected chi connectivity index (χ0v) is 31.6. The number of nitrogens with zero attached hydrogens (tertiary/aromatic N) is 2. The van der Waals surface area contributed by atoms with E-state index in [4.69, 9.17) is 19.7 Å². The van der Waals surface area contributed by atoms with Gasteiger partial charge < -0.3 is 21.2 Å². The molecule has 4 rings (SSSR count). The van der Waals surface area contributed by atoms with E-state index in [1.165, 1.54) is 4.90 Å². The Morgan fingerprint density at radius 1 is 0.947 bits per heavy atom. The second-order valence-corrected chi connectivity index (χ2v) is 12.4. The summed E-state index contributed by atoms with van der Waals surface area (Å²) in [7, 11) is -3.15. The van der Waals surface area contributed by atoms with Crippen molar-refractivity contribution in [1.29, 1.82) is 0 Å². The second kappa shape index (κ2) is 20.6. The van der Waals surface area contributed by atoms with Gasteiger partial charge >= 0.3 is 103 Å². The van der Waals surface area contributed by atoms with Gasteiger partial charge in [-0.3, -0.25) is 4.79 Å². The molecule has 14 heteroatoms. The van der Waals surface area contributed by atoms with Gasteiger partial charge in [0.15, 0.2) is 14.9 Å². The van der Waals surface area contributed by atoms with Gasteiger partial charge in [-0.25, -0.2) is 8.42 Å². The largest absolute Gasteiger partial charge is 1.00 e. The molecule has 2 aromatic carbocycles. The number of carbonyl (C=O) groups is 1. The predicted molar refractivity (Wildman–Crippen MR) is 144 cm³/mol. The Hall–Kier alpha value is 0.733. The molecule has 0 radical (unpaired) electrons. The summed E-state index contributed by atoms with van der Waals surface area (Å²) >= 11 is 5.76. The van der Waals surface area contributed by atoms with Gasteiger partial charge in [-0.1, -0.05) is 58.5 Å². The first kappa shape index (κ1) is 40.9. The number of rotatable bonds is 2. The van der Waals surface area contributed by atoms with Gasteiger partial charge in [0.05, 0.1) is 0 Å². The quantitative estimate of drug-likeness (QED) is 0.137. The number of benzene rings is 2. The van der Waals surface area contributed by atoms with Gasteiger partial charge in [0.1, 0.15) is 16.2 Å². The number of carbonyl (C=O) groups excluding carboxylic acids is 1. The first-order chi connectivity index (χ1) is 16.8. The maximum Gasteiger partial charge on any atom is 1.00 e. The maximum atomic E-state index is 10.9. The number of thiol groups is 1. The van der Waals surface area contributed by atoms with Crippen LogP contribution in [0, 0.1) is 0 Å². The SMILES string of the molecule is CC1(C)CC(S(C)(=O)=O)=NO1.CC1(C)CC(Sc2ccccc2)=NO1.O=CO[O-].Sc1ccccc1.[H-].[K+].[K+]. The summed E-state index contributed by atoms with van der Waals surface area (Å²) < 4.78 is 21.8. The number of hydrogen-bond acceptors (Lipinski definition) is 11. The van der Waals surface area contributed by atoms with E-state index in [1.807, 2.05) is 48.5 Å². The van der Waals surface area contributed by atoms with E-state index in [0.29, 0.717) is 6.42 Å². The molecule has 0 aromatic heterocycles. The first-order valence-corrected chi connectivity index (χ1v) is 13.8. The Kier molecular flexibility index (Phi) is 22.1. The molecule has 0 aliphatic carbocycles. The molecule has 0 atom stereocenters. The van der Waals surface area contributed by atoms with E-state index in [1.54, 1.807) is 25.6 Å². The summed E-state index contributed by atoms with van der Waals surface area (Å²) in [5, 5.41) is 17.2. The minimum atomic E-state index is -3.15. The monoisotopic (exact) mass is 634 g/mol. The molecular formula is C24H32K2N2O7S3. The average molecular weight is 635 g/mol. The van der Waals surface area contributed by atoms with Gasteiger partial charge in [0.25, 0.3) is 6.47 Å². The summed E-state index contributed by atoms with van der Waals surface area (Å²) in [6.07, 6.45) is 2.40. The fraction of sp³-hybridized carbons (Fsp3) is 0.375. The van der Waals surface area contributed by atoms with Crippen molar-refractivity contribution in [1.82, 2.24) is 0 Å². The summed E-state index contributed by atoms with van der Waals surface area (Å²) in [4.78, 5) is 23.7. The molecule has 0 saturated carbocycles. The van der Waals surface area contributed by atoms with Crippen molar-refractivity contribution >= 4 is 50.8 Å². The Labute approximate surface area is 321 Å². The minimum absolute atomic E-state index is 0. The van der Waals surface area contributed by atoms with Crippen LogP contribution in [0.15, 0.2) is 80.8 Å². The van der Waals surface area contributed by atoms with Gasteiger partial charge in [0, 0.05) is 28.9 Å². The van der Waals surface area contributed by atoms with Crippen LogP contribution in [-0.4, -0.2) is 42.4 Å². The van der Waals surface area contributed by atoms with Crippen molar-refractivity contribution in [2.75, 3.05) is 6.26 Å². The molecule has 2 aromatic rings. The van der Waals surface area contributed by atoms with Crippen molar-refractivity contribution in [2.24, 2.45) is 10.3 Å². The van der Waals surface area contributed by atoms with Crippen LogP contribution < -0.4 is 108 Å². The fourth-order valence-electron chi connectivity index (χ4n) is 2.51. The molecule has 0 saturated heterocycles. The van der Waals surface area contributed by atoms with Crippen LogP contribution in [0.5, 0.6) is 0 Å². The Bertz CT molecular complexity index is 1120. The van der Waals surface area contributed by atoms with Crippen LogP contribution in [0.4, 0.5) is 0 Å². The molecule has 2 heterocycles. The first-order valence-electron chi connectivity index (χ1n) is 10.7. The standard InChI is InChI=1S/C11H13NOS.C6H11NO3S.C6H6S.CH2O3.2K.H/c1-11(2)8-10(12-13-11)14-9-6-4-3-5-7-9;1-6(2)4-5(7-10-6)11(3,8)9;7-6-4-2-1-3-5-6;2-1-4-3;;;/h3-7H,8H2,1-2H3;4H2,1-3H3;1-5,7H;1,3H;;;/q;;;;2*+1;-1/p-1. The van der Waals surface area contributed by atoms with E-state index in [-0.39, 0.29) is 121 Å². The van der Waals surface area contributed by atoms with E-state index >= 15 is 0 Å². The minimum Gasteiger partial charge on any atom is -1.00 e. The molecule has 0 unspecified atom stereocenters. The molecule has 2 aliphatic heterocycles. The number of oxime groups is 2. The van der Waals surface area contributed by atoms with Crippen LogP contribution in [0.25, 0.3) is 0 Å². The van der Waals surface area contributed by atoms with Gasteiger partial charge in [-0.15, -0.1) is 12.6 Å². The molecule has 0 fully saturated rings. The van der Waals surface area contributed by atoms with E-state index in [2.05, 4.69) is 53.8 Å². The molecule has 0 N–H and O–H groups in total. The van der Waals surface area contributed by atoms with Crippen molar-refractivity contribution in [3.63, 3.8) is 0 Å². The number of sulfone groups is 1. The van der Waals surface area contributed by atoms with E-state index < -0.39 is 15.4 Å². The predicted octanol–water partition coefficient (Wildman–Crippen LogP) is -1.63. The number of hydrogen-bond donors (Lipinski definition) is 1. The molecule has 38 heavy (non-hydrogen) atoms. The Balaban J connectivity index is -0.000000467. The number of thioether (sulfide) groups is 1. The van der Waals surface area contributed by atoms with Crippen molar-refractivity contribution in [3.8, 4) is 0 Å². The zero-order valence-electron chi connectivity index (χ0n) is 23.8. The second-order valence-electron chi connectivity index (χ2n) is 8.74. The van der Waals surface area contributed by atoms with Crippen molar-refractivity contribution in [3.05, 3.63) is 60.7 Å². The summed E-state index contributed by atoms with van der Waals surface area (Å²) in [5.74, 6) is 0. The Morgan fingerprint density at radius 2 is 1.39 bits per heavy atom. The zero-order chi connectivity index (χ0) is 27.2. The normalized spacial score (nSPS) is 15.7. The van der Waals surface area contributed by atoms with Crippen LogP contribution in [0.3, 0.4) is 0 Å². The fourth-order valence-corrected chi connectivity index (χ4v) is 4.53. The van der Waals surface area contributed by atoms with Gasteiger partial charge in [0.2, 0.25) is 0 Å². The molecular weight excluding hydrogens is 603 g/mol. The van der Waals surface area contributed by atoms with E-state index in [0.717, 1.165) is 22.6 Å². The topological polar surface area (TPSA) is 127 Å².